The number of nitrogens with zero attached hydrogens (tertiary/aromatic N) is 1. The van der Waals surface area contributed by atoms with Gasteiger partial charge in [-0.15, -0.1) is 0 Å². The van der Waals surface area contributed by atoms with E-state index in [1.165, 1.54) is 28.6 Å². The maximum absolute atomic E-state index is 13.0. The highest BCUT2D eigenvalue weighted by Gasteiger charge is 2.31. The first-order chi connectivity index (χ1) is 12.7. The first kappa shape index (κ1) is 19.2. The van der Waals surface area contributed by atoms with E-state index in [0.29, 0.717) is 30.1 Å². The van der Waals surface area contributed by atoms with Gasteiger partial charge in [-0.2, -0.15) is 0 Å². The molecule has 0 radical (unpaired) electrons. The molecule has 1 amide bonds. The number of benzene rings is 2. The largest absolute Gasteiger partial charge is 0.478 e. The van der Waals surface area contributed by atoms with E-state index in [4.69, 9.17) is 4.74 Å². The second-order valence-electron chi connectivity index (χ2n) is 6.81. The average molecular weight is 392 g/mol. The molecule has 1 aliphatic heterocycles. The summed E-state index contributed by atoms with van der Waals surface area (Å²) in [7, 11) is -3.24. The summed E-state index contributed by atoms with van der Waals surface area (Å²) in [5, 5.41) is 2.75. The van der Waals surface area contributed by atoms with Gasteiger partial charge in [-0.1, -0.05) is 0 Å². The molecular weight excluding hydrogens is 371 g/mol. The van der Waals surface area contributed by atoms with Gasteiger partial charge in [-0.3, -0.25) is 9.10 Å². The van der Waals surface area contributed by atoms with Crippen LogP contribution in [0.4, 0.5) is 15.8 Å². The normalized spacial score (nSPS) is 16.2. The summed E-state index contributed by atoms with van der Waals surface area (Å²) >= 11 is 0. The number of anilines is 2. The van der Waals surface area contributed by atoms with E-state index in [9.17, 15) is 17.6 Å². The monoisotopic (exact) mass is 392 g/mol. The van der Waals surface area contributed by atoms with Crippen molar-refractivity contribution in [3.05, 3.63) is 54.3 Å². The van der Waals surface area contributed by atoms with Crippen LogP contribution in [0.15, 0.2) is 48.5 Å². The molecule has 6 nitrogen and oxygen atoms in total. The van der Waals surface area contributed by atoms with Crippen molar-refractivity contribution in [3.8, 4) is 5.75 Å². The average Bonchev–Trinajstić information content (AvgIpc) is 2.96. The minimum Gasteiger partial charge on any atom is -0.478 e. The van der Waals surface area contributed by atoms with Gasteiger partial charge in [0.1, 0.15) is 11.6 Å². The van der Waals surface area contributed by atoms with Crippen LogP contribution in [-0.2, 0) is 14.8 Å². The number of sulfonamides is 1. The predicted molar refractivity (Wildman–Crippen MR) is 102 cm³/mol. The topological polar surface area (TPSA) is 75.7 Å². The van der Waals surface area contributed by atoms with Gasteiger partial charge in [0, 0.05) is 12.2 Å². The van der Waals surface area contributed by atoms with Crippen LogP contribution >= 0.6 is 0 Å². The van der Waals surface area contributed by atoms with Crippen LogP contribution in [0.5, 0.6) is 5.75 Å². The second kappa shape index (κ2) is 7.19. The lowest BCUT2D eigenvalue weighted by molar-refractivity contribution is -0.128. The third-order valence-corrected chi connectivity index (χ3v) is 6.12. The van der Waals surface area contributed by atoms with Crippen molar-refractivity contribution in [2.45, 2.75) is 25.9 Å². The third kappa shape index (κ3) is 4.39. The standard InChI is InChI=1S/C19H21FN2O4S/c1-19(2,26-17-10-4-14(20)5-11-17)18(23)21-15-6-8-16(9-7-15)22-12-3-13-27(22,24)25/h4-11H,3,12-13H2,1-2H3,(H,21,23). The van der Waals surface area contributed by atoms with E-state index >= 15 is 0 Å². The maximum Gasteiger partial charge on any atom is 0.267 e. The molecule has 27 heavy (non-hydrogen) atoms. The van der Waals surface area contributed by atoms with Crippen LogP contribution in [0, 0.1) is 5.82 Å². The van der Waals surface area contributed by atoms with Gasteiger partial charge in [0.15, 0.2) is 5.60 Å². The molecule has 0 aromatic heterocycles. The summed E-state index contributed by atoms with van der Waals surface area (Å²) in [4.78, 5) is 12.5. The lowest BCUT2D eigenvalue weighted by atomic mass is 10.1. The number of nitrogens with one attached hydrogen (secondary N) is 1. The molecule has 1 fully saturated rings. The first-order valence-corrected chi connectivity index (χ1v) is 10.1. The number of hydrogen-bond acceptors (Lipinski definition) is 4. The van der Waals surface area contributed by atoms with Crippen molar-refractivity contribution in [3.63, 3.8) is 0 Å². The molecular formula is C19H21FN2O4S. The molecule has 1 saturated heterocycles. The van der Waals surface area contributed by atoms with Gasteiger partial charge < -0.3 is 10.1 Å². The van der Waals surface area contributed by atoms with Crippen molar-refractivity contribution in [2.75, 3.05) is 21.9 Å². The van der Waals surface area contributed by atoms with Gasteiger partial charge in [0.05, 0.1) is 11.4 Å². The molecule has 8 heteroatoms. The van der Waals surface area contributed by atoms with Crippen LogP contribution in [-0.4, -0.2) is 32.2 Å². The first-order valence-electron chi connectivity index (χ1n) is 8.54. The van der Waals surface area contributed by atoms with Crippen LogP contribution in [0.2, 0.25) is 0 Å². The molecule has 0 bridgehead atoms. The maximum atomic E-state index is 13.0. The molecule has 0 unspecified atom stereocenters. The summed E-state index contributed by atoms with van der Waals surface area (Å²) < 4.78 is 43.9. The Morgan fingerprint density at radius 1 is 1.11 bits per heavy atom. The number of rotatable bonds is 5. The summed E-state index contributed by atoms with van der Waals surface area (Å²) in [6.07, 6.45) is 0.607. The van der Waals surface area contributed by atoms with Crippen molar-refractivity contribution < 1.29 is 22.3 Å². The van der Waals surface area contributed by atoms with Crippen molar-refractivity contribution in [2.24, 2.45) is 0 Å². The molecule has 144 valence electrons. The zero-order chi connectivity index (χ0) is 19.7. The van der Waals surface area contributed by atoms with Crippen LogP contribution in [0.25, 0.3) is 0 Å². The van der Waals surface area contributed by atoms with Gasteiger partial charge in [-0.25, -0.2) is 12.8 Å². The number of carbonyl (C=O) groups is 1. The summed E-state index contributed by atoms with van der Waals surface area (Å²) in [6.45, 7) is 3.68. The SMILES string of the molecule is CC(C)(Oc1ccc(F)cc1)C(=O)Nc1ccc(N2CCCS2(=O)=O)cc1. The Labute approximate surface area is 158 Å². The predicted octanol–water partition coefficient (Wildman–Crippen LogP) is 3.16. The Hall–Kier alpha value is -2.61. The van der Waals surface area contributed by atoms with E-state index in [2.05, 4.69) is 5.32 Å². The van der Waals surface area contributed by atoms with E-state index in [1.807, 2.05) is 0 Å². The summed E-state index contributed by atoms with van der Waals surface area (Å²) in [5.74, 6) is -0.232. The smallest absolute Gasteiger partial charge is 0.267 e. The molecule has 0 aliphatic carbocycles. The number of hydrogen-bond donors (Lipinski definition) is 1. The van der Waals surface area contributed by atoms with Gasteiger partial charge in [0.2, 0.25) is 10.0 Å². The van der Waals surface area contributed by atoms with Crippen molar-refractivity contribution >= 4 is 27.3 Å². The molecule has 0 saturated carbocycles. The fourth-order valence-corrected chi connectivity index (χ4v) is 4.33. The second-order valence-corrected chi connectivity index (χ2v) is 8.82. The third-order valence-electron chi connectivity index (χ3n) is 4.25. The van der Waals surface area contributed by atoms with Crippen LogP contribution in [0.1, 0.15) is 20.3 Å². The van der Waals surface area contributed by atoms with Crippen LogP contribution < -0.4 is 14.4 Å². The fourth-order valence-electron chi connectivity index (χ4n) is 2.77. The Bertz CT molecular complexity index is 925. The highest BCUT2D eigenvalue weighted by atomic mass is 32.2. The van der Waals surface area contributed by atoms with Crippen molar-refractivity contribution in [1.82, 2.24) is 0 Å². The van der Waals surface area contributed by atoms with Crippen LogP contribution in [0.3, 0.4) is 0 Å². The Balaban J connectivity index is 1.67. The lowest BCUT2D eigenvalue weighted by Gasteiger charge is -2.25. The van der Waals surface area contributed by atoms with E-state index in [1.54, 1.807) is 38.1 Å². The van der Waals surface area contributed by atoms with Gasteiger partial charge in [0.25, 0.3) is 5.91 Å². The molecule has 2 aromatic rings. The number of amides is 1. The number of ether oxygens (including phenoxy) is 1. The quantitative estimate of drug-likeness (QED) is 0.848. The Morgan fingerprint density at radius 2 is 1.74 bits per heavy atom. The Kier molecular flexibility index (Phi) is 5.10. The van der Waals surface area contributed by atoms with Crippen molar-refractivity contribution in [1.29, 1.82) is 0 Å². The molecule has 3 rings (SSSR count). The van der Waals surface area contributed by atoms with E-state index in [0.717, 1.165) is 0 Å². The Morgan fingerprint density at radius 3 is 2.30 bits per heavy atom. The highest BCUT2D eigenvalue weighted by Crippen LogP contribution is 2.26. The summed E-state index contributed by atoms with van der Waals surface area (Å²) in [6, 6.07) is 12.0. The van der Waals surface area contributed by atoms with Gasteiger partial charge in [-0.05, 0) is 68.8 Å². The zero-order valence-corrected chi connectivity index (χ0v) is 15.9. The molecule has 1 N–H and O–H groups in total. The van der Waals surface area contributed by atoms with E-state index in [-0.39, 0.29) is 17.5 Å². The number of carbonyl (C=O) groups excluding carboxylic acids is 1. The summed E-state index contributed by atoms with van der Waals surface area (Å²) in [5.41, 5.74) is -0.0853. The molecule has 0 atom stereocenters. The van der Waals surface area contributed by atoms with E-state index < -0.39 is 15.6 Å². The minimum absolute atomic E-state index is 0.153. The highest BCUT2D eigenvalue weighted by molar-refractivity contribution is 7.93. The molecule has 2 aromatic carbocycles. The zero-order valence-electron chi connectivity index (χ0n) is 15.1. The van der Waals surface area contributed by atoms with Gasteiger partial charge >= 0.3 is 0 Å². The lowest BCUT2D eigenvalue weighted by Crippen LogP contribution is -2.42. The molecule has 0 spiro atoms. The fraction of sp³-hybridized carbons (Fsp3) is 0.316. The minimum atomic E-state index is -3.24. The molecule has 1 heterocycles. The number of halogens is 1. The molecule has 1 aliphatic rings.